The summed E-state index contributed by atoms with van der Waals surface area (Å²) in [5, 5.41) is 35.1. The fourth-order valence-corrected chi connectivity index (χ4v) is 7.90. The molecule has 6 nitrogen and oxygen atoms in total. The SMILES string of the molecule is C=CC(C)C1CCC2(C)C3=C(C(=O)CC12C)C1(C)C/C(=N/O)C(O)C(C)(C)C1=C(O)C3=O. The molecule has 0 aromatic rings. The highest BCUT2D eigenvalue weighted by Gasteiger charge is 2.67. The monoisotopic (exact) mass is 441 g/mol. The fraction of sp³-hybridized carbons (Fsp3) is 0.654. The molecular weight excluding hydrogens is 406 g/mol. The van der Waals surface area contributed by atoms with Gasteiger partial charge in [-0.3, -0.25) is 9.59 Å². The lowest BCUT2D eigenvalue weighted by Crippen LogP contribution is -2.58. The van der Waals surface area contributed by atoms with E-state index >= 15 is 0 Å². The number of allylic oxidation sites excluding steroid dienone is 3. The van der Waals surface area contributed by atoms with Crippen molar-refractivity contribution in [3.05, 3.63) is 35.1 Å². The van der Waals surface area contributed by atoms with E-state index in [0.29, 0.717) is 23.1 Å². The molecule has 4 rings (SSSR count). The molecule has 6 heteroatoms. The highest BCUT2D eigenvalue weighted by molar-refractivity contribution is 6.18. The molecule has 0 amide bonds. The van der Waals surface area contributed by atoms with Gasteiger partial charge in [0.15, 0.2) is 11.5 Å². The van der Waals surface area contributed by atoms with Crippen LogP contribution in [0.1, 0.15) is 67.2 Å². The van der Waals surface area contributed by atoms with E-state index in [1.54, 1.807) is 13.8 Å². The molecular formula is C26H35NO5. The lowest BCUT2D eigenvalue weighted by Gasteiger charge is -2.57. The number of hydrogen-bond acceptors (Lipinski definition) is 6. The summed E-state index contributed by atoms with van der Waals surface area (Å²) in [5.41, 5.74) is -1.74. The number of carbonyl (C=O) groups is 2. The number of oxime groups is 1. The average molecular weight is 442 g/mol. The van der Waals surface area contributed by atoms with E-state index < -0.39 is 33.5 Å². The molecule has 4 aliphatic carbocycles. The molecule has 4 aliphatic rings. The van der Waals surface area contributed by atoms with Crippen LogP contribution in [-0.2, 0) is 9.59 Å². The van der Waals surface area contributed by atoms with Gasteiger partial charge in [-0.05, 0) is 35.7 Å². The number of fused-ring (bicyclic) bond motifs is 4. The number of Topliss-reactive ketones (excluding diaryl/α,β-unsaturated/α-hetero) is 2. The largest absolute Gasteiger partial charge is 0.504 e. The summed E-state index contributed by atoms with van der Waals surface area (Å²) < 4.78 is 0. The summed E-state index contributed by atoms with van der Waals surface area (Å²) in [6.45, 7) is 15.5. The number of aliphatic hydroxyl groups excluding tert-OH is 2. The number of aliphatic hydroxyl groups is 2. The number of carbonyl (C=O) groups excluding carboxylic acids is 2. The summed E-state index contributed by atoms with van der Waals surface area (Å²) in [7, 11) is 0. The summed E-state index contributed by atoms with van der Waals surface area (Å²) in [5.74, 6) is -0.553. The van der Waals surface area contributed by atoms with Gasteiger partial charge >= 0.3 is 0 Å². The summed E-state index contributed by atoms with van der Waals surface area (Å²) >= 11 is 0. The maximum Gasteiger partial charge on any atom is 0.224 e. The molecule has 0 spiro atoms. The molecule has 0 bridgehead atoms. The van der Waals surface area contributed by atoms with Crippen LogP contribution in [0.2, 0.25) is 0 Å². The average Bonchev–Trinajstić information content (AvgIpc) is 2.98. The van der Waals surface area contributed by atoms with E-state index in [-0.39, 0.29) is 35.5 Å². The lowest BCUT2D eigenvalue weighted by atomic mass is 9.45. The number of ketones is 2. The molecule has 0 radical (unpaired) electrons. The van der Waals surface area contributed by atoms with Gasteiger partial charge in [-0.2, -0.15) is 0 Å². The van der Waals surface area contributed by atoms with Gasteiger partial charge in [-0.15, -0.1) is 6.58 Å². The van der Waals surface area contributed by atoms with Crippen molar-refractivity contribution >= 4 is 17.3 Å². The third-order valence-corrected chi connectivity index (χ3v) is 9.74. The third-order valence-electron chi connectivity index (χ3n) is 9.74. The minimum absolute atomic E-state index is 0.0740. The Bertz CT molecular complexity index is 1030. The van der Waals surface area contributed by atoms with Crippen molar-refractivity contribution in [1.29, 1.82) is 0 Å². The van der Waals surface area contributed by atoms with Crippen LogP contribution < -0.4 is 0 Å². The molecule has 2 saturated carbocycles. The van der Waals surface area contributed by atoms with Gasteiger partial charge in [0.2, 0.25) is 5.78 Å². The van der Waals surface area contributed by atoms with Crippen LogP contribution in [0, 0.1) is 33.5 Å². The maximum absolute atomic E-state index is 13.9. The third kappa shape index (κ3) is 2.42. The van der Waals surface area contributed by atoms with Crippen LogP contribution in [0.15, 0.2) is 40.3 Å². The van der Waals surface area contributed by atoms with E-state index in [4.69, 9.17) is 0 Å². The molecule has 0 aromatic carbocycles. The molecule has 6 unspecified atom stereocenters. The van der Waals surface area contributed by atoms with Crippen LogP contribution in [0.5, 0.6) is 0 Å². The zero-order valence-corrected chi connectivity index (χ0v) is 20.0. The Morgan fingerprint density at radius 1 is 1.12 bits per heavy atom. The molecule has 2 fully saturated rings. The van der Waals surface area contributed by atoms with Gasteiger partial charge in [-0.1, -0.05) is 52.8 Å². The van der Waals surface area contributed by atoms with Crippen molar-refractivity contribution in [2.45, 2.75) is 73.3 Å². The number of hydrogen-bond donors (Lipinski definition) is 3. The Balaban J connectivity index is 2.01. The van der Waals surface area contributed by atoms with Gasteiger partial charge in [0, 0.05) is 40.2 Å². The quantitative estimate of drug-likeness (QED) is 0.332. The van der Waals surface area contributed by atoms with Crippen LogP contribution in [0.4, 0.5) is 0 Å². The van der Waals surface area contributed by atoms with Crippen LogP contribution in [0.3, 0.4) is 0 Å². The van der Waals surface area contributed by atoms with Gasteiger partial charge < -0.3 is 15.4 Å². The van der Waals surface area contributed by atoms with Gasteiger partial charge in [0.25, 0.3) is 0 Å². The predicted molar refractivity (Wildman–Crippen MR) is 121 cm³/mol. The Labute approximate surface area is 189 Å². The van der Waals surface area contributed by atoms with Crippen LogP contribution in [-0.4, -0.2) is 38.8 Å². The minimum Gasteiger partial charge on any atom is -0.504 e. The molecule has 32 heavy (non-hydrogen) atoms. The molecule has 0 saturated heterocycles. The highest BCUT2D eigenvalue weighted by Crippen LogP contribution is 2.70. The first kappa shape index (κ1) is 23.0. The van der Waals surface area contributed by atoms with Gasteiger partial charge in [0.05, 0.1) is 5.71 Å². The van der Waals surface area contributed by atoms with E-state index in [1.807, 2.05) is 13.0 Å². The normalized spacial score (nSPS) is 43.2. The summed E-state index contributed by atoms with van der Waals surface area (Å²) in [4.78, 5) is 27.7. The zero-order chi connectivity index (χ0) is 24.0. The van der Waals surface area contributed by atoms with Gasteiger partial charge in [0.1, 0.15) is 6.10 Å². The molecule has 0 aliphatic heterocycles. The first-order valence-corrected chi connectivity index (χ1v) is 11.5. The Morgan fingerprint density at radius 2 is 1.75 bits per heavy atom. The van der Waals surface area contributed by atoms with E-state index in [9.17, 15) is 25.0 Å². The summed E-state index contributed by atoms with van der Waals surface area (Å²) in [6.07, 6.45) is 2.76. The molecule has 0 aromatic heterocycles. The first-order chi connectivity index (χ1) is 14.7. The Kier molecular flexibility index (Phi) is 4.78. The second-order valence-corrected chi connectivity index (χ2v) is 11.6. The molecule has 6 atom stereocenters. The Morgan fingerprint density at radius 3 is 2.31 bits per heavy atom. The van der Waals surface area contributed by atoms with Crippen LogP contribution >= 0.6 is 0 Å². The second kappa shape index (κ2) is 6.66. The topological polar surface area (TPSA) is 107 Å². The van der Waals surface area contributed by atoms with E-state index in [1.165, 1.54) is 0 Å². The fourth-order valence-electron chi connectivity index (χ4n) is 7.90. The minimum atomic E-state index is -1.17. The van der Waals surface area contributed by atoms with Crippen molar-refractivity contribution in [2.75, 3.05) is 0 Å². The molecule has 3 N–H and O–H groups in total. The van der Waals surface area contributed by atoms with E-state index in [0.717, 1.165) is 12.8 Å². The summed E-state index contributed by atoms with van der Waals surface area (Å²) in [6, 6.07) is 0. The lowest BCUT2D eigenvalue weighted by molar-refractivity contribution is -0.128. The smallest absolute Gasteiger partial charge is 0.224 e. The van der Waals surface area contributed by atoms with Crippen molar-refractivity contribution in [3.8, 4) is 0 Å². The standard InChI is InChI=1S/C26H35NO5/c1-8-13(2)14-9-10-25(6)18-17(16(28)12-26(14,25)7)24(5)11-15(27-32)22(31)23(3,4)21(24)20(30)19(18)29/h8,13-14,22,30-32H,1,9-12H2,2-7H3/b27-15-. The highest BCUT2D eigenvalue weighted by atomic mass is 16.4. The van der Waals surface area contributed by atoms with Crippen molar-refractivity contribution in [3.63, 3.8) is 0 Å². The number of rotatable bonds is 2. The molecule has 0 heterocycles. The second-order valence-electron chi connectivity index (χ2n) is 11.6. The van der Waals surface area contributed by atoms with Crippen molar-refractivity contribution in [1.82, 2.24) is 0 Å². The predicted octanol–water partition coefficient (Wildman–Crippen LogP) is 4.52. The van der Waals surface area contributed by atoms with E-state index in [2.05, 4.69) is 32.5 Å². The Hall–Kier alpha value is -2.21. The van der Waals surface area contributed by atoms with Crippen LogP contribution in [0.25, 0.3) is 0 Å². The zero-order valence-electron chi connectivity index (χ0n) is 20.0. The molecule has 174 valence electrons. The van der Waals surface area contributed by atoms with Crippen molar-refractivity contribution < 1.29 is 25.0 Å². The number of nitrogens with zero attached hydrogens (tertiary/aromatic N) is 1. The van der Waals surface area contributed by atoms with Gasteiger partial charge in [-0.25, -0.2) is 0 Å². The first-order valence-electron chi connectivity index (χ1n) is 11.5. The maximum atomic E-state index is 13.9. The van der Waals surface area contributed by atoms with Crippen molar-refractivity contribution in [2.24, 2.45) is 38.7 Å².